The van der Waals surface area contributed by atoms with Gasteiger partial charge in [-0.3, -0.25) is 4.79 Å². The van der Waals surface area contributed by atoms with Crippen LogP contribution in [0.15, 0.2) is 24.3 Å². The third kappa shape index (κ3) is 6.09. The van der Waals surface area contributed by atoms with Crippen LogP contribution in [0.25, 0.3) is 0 Å². The number of para-hydroxylation sites is 1. The van der Waals surface area contributed by atoms with Gasteiger partial charge in [0.05, 0.1) is 11.3 Å². The highest BCUT2D eigenvalue weighted by Gasteiger charge is 2.06. The van der Waals surface area contributed by atoms with Crippen molar-refractivity contribution in [2.45, 2.75) is 19.8 Å². The molecule has 1 unspecified atom stereocenters. The average Bonchev–Trinajstić information content (AvgIpc) is 2.47. The van der Waals surface area contributed by atoms with Crippen LogP contribution in [0.4, 0.5) is 5.69 Å². The lowest BCUT2D eigenvalue weighted by Gasteiger charge is -2.08. The molecule has 1 rings (SSSR count). The van der Waals surface area contributed by atoms with Crippen LogP contribution in [0.3, 0.4) is 0 Å². The molecule has 0 aliphatic carbocycles. The number of hydrogen-bond donors (Lipinski definition) is 2. The van der Waals surface area contributed by atoms with E-state index in [1.165, 1.54) is 0 Å². The maximum atomic E-state index is 11.8. The van der Waals surface area contributed by atoms with Gasteiger partial charge in [0, 0.05) is 13.0 Å². The molecule has 0 spiro atoms. The van der Waals surface area contributed by atoms with E-state index in [9.17, 15) is 4.79 Å². The van der Waals surface area contributed by atoms with E-state index in [4.69, 9.17) is 10.4 Å². The zero-order chi connectivity index (χ0) is 14.8. The molecular formula is C15H20N2O2S. The van der Waals surface area contributed by atoms with Crippen molar-refractivity contribution in [3.63, 3.8) is 0 Å². The minimum atomic E-state index is -0.0662. The number of amides is 1. The van der Waals surface area contributed by atoms with Gasteiger partial charge in [-0.25, -0.2) is 0 Å². The molecule has 0 heterocycles. The van der Waals surface area contributed by atoms with E-state index >= 15 is 0 Å². The first-order chi connectivity index (χ1) is 9.67. The van der Waals surface area contributed by atoms with Crippen LogP contribution < -0.4 is 5.32 Å². The summed E-state index contributed by atoms with van der Waals surface area (Å²) in [5, 5.41) is 20.6. The number of hydrogen-bond acceptors (Lipinski definition) is 4. The molecule has 1 aromatic rings. The number of nitriles is 1. The highest BCUT2D eigenvalue weighted by Crippen LogP contribution is 2.15. The smallest absolute Gasteiger partial charge is 0.224 e. The first-order valence-electron chi connectivity index (χ1n) is 6.65. The summed E-state index contributed by atoms with van der Waals surface area (Å²) in [7, 11) is 0. The van der Waals surface area contributed by atoms with Crippen molar-refractivity contribution in [3.8, 4) is 6.07 Å². The standard InChI is InChI=1S/C15H20N2O2S/c1-12(10-18)11-20-8-4-7-15(19)17-14-6-3-2-5-13(14)9-16/h2-3,5-6,12,18H,4,7-8,10-11H2,1H3,(H,17,19). The second-order valence-corrected chi connectivity index (χ2v) is 5.82. The lowest BCUT2D eigenvalue weighted by Crippen LogP contribution is -2.12. The van der Waals surface area contributed by atoms with Crippen LogP contribution in [0.2, 0.25) is 0 Å². The Labute approximate surface area is 124 Å². The Morgan fingerprint density at radius 1 is 1.50 bits per heavy atom. The normalized spacial score (nSPS) is 11.7. The number of nitrogens with zero attached hydrogens (tertiary/aromatic N) is 1. The minimum absolute atomic E-state index is 0.0662. The Hall–Kier alpha value is -1.51. The van der Waals surface area contributed by atoms with Gasteiger partial charge in [0.15, 0.2) is 0 Å². The molecule has 1 atom stereocenters. The van der Waals surface area contributed by atoms with Gasteiger partial charge >= 0.3 is 0 Å². The molecule has 0 saturated carbocycles. The first kappa shape index (κ1) is 16.5. The molecule has 2 N–H and O–H groups in total. The van der Waals surface area contributed by atoms with Gasteiger partial charge < -0.3 is 10.4 Å². The summed E-state index contributed by atoms with van der Waals surface area (Å²) in [5.74, 6) is 2.05. The average molecular weight is 292 g/mol. The summed E-state index contributed by atoms with van der Waals surface area (Å²) < 4.78 is 0. The Balaban J connectivity index is 2.26. The van der Waals surface area contributed by atoms with Crippen LogP contribution in [-0.4, -0.2) is 29.1 Å². The molecule has 1 amide bonds. The number of thioether (sulfide) groups is 1. The van der Waals surface area contributed by atoms with E-state index in [1.807, 2.05) is 6.92 Å². The molecular weight excluding hydrogens is 272 g/mol. The van der Waals surface area contributed by atoms with Gasteiger partial charge in [-0.2, -0.15) is 17.0 Å². The van der Waals surface area contributed by atoms with E-state index < -0.39 is 0 Å². The number of aliphatic hydroxyl groups excluding tert-OH is 1. The molecule has 0 aliphatic heterocycles. The Bertz CT molecular complexity index is 471. The Morgan fingerprint density at radius 2 is 2.25 bits per heavy atom. The van der Waals surface area contributed by atoms with Crippen molar-refractivity contribution in [1.82, 2.24) is 0 Å². The topological polar surface area (TPSA) is 73.1 Å². The molecule has 0 aromatic heterocycles. The van der Waals surface area contributed by atoms with Crippen molar-refractivity contribution in [2.24, 2.45) is 5.92 Å². The molecule has 0 radical (unpaired) electrons. The molecule has 5 heteroatoms. The third-order valence-electron chi connectivity index (χ3n) is 2.73. The van der Waals surface area contributed by atoms with Crippen molar-refractivity contribution >= 4 is 23.4 Å². The summed E-state index contributed by atoms with van der Waals surface area (Å²) in [6.45, 7) is 2.21. The van der Waals surface area contributed by atoms with E-state index in [-0.39, 0.29) is 12.5 Å². The predicted octanol–water partition coefficient (Wildman–Crippen LogP) is 2.64. The van der Waals surface area contributed by atoms with Gasteiger partial charge in [0.2, 0.25) is 5.91 Å². The zero-order valence-corrected chi connectivity index (χ0v) is 12.4. The number of aliphatic hydroxyl groups is 1. The lowest BCUT2D eigenvalue weighted by atomic mass is 10.2. The van der Waals surface area contributed by atoms with Crippen LogP contribution in [0.5, 0.6) is 0 Å². The SMILES string of the molecule is CC(CO)CSCCCC(=O)Nc1ccccc1C#N. The van der Waals surface area contributed by atoms with Crippen LogP contribution in [0, 0.1) is 17.2 Å². The largest absolute Gasteiger partial charge is 0.396 e. The van der Waals surface area contributed by atoms with Gasteiger partial charge in [-0.15, -0.1) is 0 Å². The zero-order valence-electron chi connectivity index (χ0n) is 11.6. The highest BCUT2D eigenvalue weighted by atomic mass is 32.2. The number of nitrogens with one attached hydrogen (secondary N) is 1. The molecule has 4 nitrogen and oxygen atoms in total. The van der Waals surface area contributed by atoms with E-state index in [1.54, 1.807) is 36.0 Å². The Kier molecular flexibility index (Phi) is 7.78. The second-order valence-electron chi connectivity index (χ2n) is 4.67. The monoisotopic (exact) mass is 292 g/mol. The van der Waals surface area contributed by atoms with Crippen molar-refractivity contribution in [1.29, 1.82) is 5.26 Å². The quantitative estimate of drug-likeness (QED) is 0.722. The van der Waals surface area contributed by atoms with Crippen LogP contribution in [-0.2, 0) is 4.79 Å². The second kappa shape index (κ2) is 9.40. The number of carbonyl (C=O) groups excluding carboxylic acids is 1. The summed E-state index contributed by atoms with van der Waals surface area (Å²) >= 11 is 1.75. The summed E-state index contributed by atoms with van der Waals surface area (Å²) in [5.41, 5.74) is 1.05. The number of rotatable bonds is 8. The Morgan fingerprint density at radius 3 is 2.95 bits per heavy atom. The molecule has 0 fully saturated rings. The summed E-state index contributed by atoms with van der Waals surface area (Å²) in [6, 6.07) is 9.03. The molecule has 0 bridgehead atoms. The number of carbonyl (C=O) groups is 1. The fourth-order valence-electron chi connectivity index (χ4n) is 1.57. The summed E-state index contributed by atoms with van der Waals surface area (Å²) in [6.07, 6.45) is 1.24. The van der Waals surface area contributed by atoms with Crippen molar-refractivity contribution < 1.29 is 9.90 Å². The van der Waals surface area contributed by atoms with Crippen molar-refractivity contribution in [3.05, 3.63) is 29.8 Å². The lowest BCUT2D eigenvalue weighted by molar-refractivity contribution is -0.116. The molecule has 20 heavy (non-hydrogen) atoms. The molecule has 1 aromatic carbocycles. The fourth-order valence-corrected chi connectivity index (χ4v) is 2.60. The molecule has 0 saturated heterocycles. The number of benzene rings is 1. The van der Waals surface area contributed by atoms with Gasteiger partial charge in [0.25, 0.3) is 0 Å². The number of anilines is 1. The highest BCUT2D eigenvalue weighted by molar-refractivity contribution is 7.99. The van der Waals surface area contributed by atoms with Gasteiger partial charge in [-0.05, 0) is 36.0 Å². The molecule has 108 valence electrons. The minimum Gasteiger partial charge on any atom is -0.396 e. The summed E-state index contributed by atoms with van der Waals surface area (Å²) in [4.78, 5) is 11.8. The van der Waals surface area contributed by atoms with E-state index in [0.717, 1.165) is 17.9 Å². The van der Waals surface area contributed by atoms with E-state index in [0.29, 0.717) is 23.6 Å². The van der Waals surface area contributed by atoms with Crippen molar-refractivity contribution in [2.75, 3.05) is 23.4 Å². The maximum absolute atomic E-state index is 11.8. The van der Waals surface area contributed by atoms with Crippen LogP contribution >= 0.6 is 11.8 Å². The fraction of sp³-hybridized carbons (Fsp3) is 0.467. The van der Waals surface area contributed by atoms with Gasteiger partial charge in [-0.1, -0.05) is 19.1 Å². The van der Waals surface area contributed by atoms with Gasteiger partial charge in [0.1, 0.15) is 6.07 Å². The third-order valence-corrected chi connectivity index (χ3v) is 4.11. The van der Waals surface area contributed by atoms with E-state index in [2.05, 4.69) is 11.4 Å². The molecule has 0 aliphatic rings. The first-order valence-corrected chi connectivity index (χ1v) is 7.80. The predicted molar refractivity (Wildman–Crippen MR) is 82.6 cm³/mol. The maximum Gasteiger partial charge on any atom is 0.224 e. The van der Waals surface area contributed by atoms with Crippen LogP contribution in [0.1, 0.15) is 25.3 Å².